The SMILES string of the molecule is C=C1CC(OC)C2N=[N+](c3ccc(C4CCC4)cc3)C3CCN(C(=O)c4ccc(Br)c5c4NCN5)C(C1)C23. The first-order chi connectivity index (χ1) is 18.5. The number of nitrogens with zero attached hydrogens (tertiary/aromatic N) is 3. The number of piperidine rings is 1. The maximum absolute atomic E-state index is 14.2. The van der Waals surface area contributed by atoms with Crippen molar-refractivity contribution < 1.29 is 14.2 Å². The van der Waals surface area contributed by atoms with Gasteiger partial charge in [-0.15, -0.1) is 0 Å². The van der Waals surface area contributed by atoms with Crippen LogP contribution in [0.1, 0.15) is 60.4 Å². The first-order valence-electron chi connectivity index (χ1n) is 13.9. The lowest BCUT2D eigenvalue weighted by Crippen LogP contribution is -2.56. The van der Waals surface area contributed by atoms with Crippen molar-refractivity contribution in [1.29, 1.82) is 0 Å². The summed E-state index contributed by atoms with van der Waals surface area (Å²) in [6.07, 6.45) is 6.37. The van der Waals surface area contributed by atoms with E-state index in [2.05, 4.69) is 67.0 Å². The largest absolute Gasteiger partial charge is 0.379 e. The van der Waals surface area contributed by atoms with E-state index >= 15 is 0 Å². The summed E-state index contributed by atoms with van der Waals surface area (Å²) in [5, 5.41) is 12.0. The number of amides is 1. The van der Waals surface area contributed by atoms with Gasteiger partial charge in [0.2, 0.25) is 5.69 Å². The molecule has 2 aromatic rings. The van der Waals surface area contributed by atoms with E-state index in [0.29, 0.717) is 13.2 Å². The Morgan fingerprint density at radius 1 is 1.11 bits per heavy atom. The van der Waals surface area contributed by atoms with E-state index in [1.54, 1.807) is 7.11 Å². The van der Waals surface area contributed by atoms with E-state index < -0.39 is 0 Å². The Bertz CT molecular complexity index is 1320. The summed E-state index contributed by atoms with van der Waals surface area (Å²) < 4.78 is 9.25. The molecule has 3 aliphatic heterocycles. The third-order valence-corrected chi connectivity index (χ3v) is 10.2. The van der Waals surface area contributed by atoms with Crippen molar-refractivity contribution in [3.8, 4) is 0 Å². The molecule has 1 saturated heterocycles. The predicted octanol–water partition coefficient (Wildman–Crippen LogP) is 6.25. The number of likely N-dealkylation sites (tertiary alicyclic amines) is 1. The standard InChI is InChI=1S/C30H34BrN5O2/c1-17-14-24-26-23(12-13-35(24)30(37)21-10-11-22(31)28-27(21)32-16-33-28)36(34-29(26)25(15-17)38-2)20-8-6-19(7-9-20)18-4-3-5-18/h6-11,18,23-26,29,34H,1,3-5,12-16H2,2H3/p+1. The van der Waals surface area contributed by atoms with Gasteiger partial charge in [-0.2, -0.15) is 0 Å². The molecule has 3 fully saturated rings. The summed E-state index contributed by atoms with van der Waals surface area (Å²) in [4.78, 5) is 16.3. The number of halogens is 1. The highest BCUT2D eigenvalue weighted by Crippen LogP contribution is 2.47. The molecule has 0 aromatic heterocycles. The van der Waals surface area contributed by atoms with E-state index in [1.807, 2.05) is 12.1 Å². The fraction of sp³-hybridized carbons (Fsp3) is 0.500. The molecule has 1 amide bonds. The molecule has 2 N–H and O–H groups in total. The highest BCUT2D eigenvalue weighted by Gasteiger charge is 2.58. The van der Waals surface area contributed by atoms with Gasteiger partial charge in [0.15, 0.2) is 12.1 Å². The molecule has 2 saturated carbocycles. The molecule has 7 nitrogen and oxygen atoms in total. The molecule has 0 bridgehead atoms. The number of carbonyl (C=O) groups is 1. The number of hydrogen-bond acceptors (Lipinski definition) is 5. The van der Waals surface area contributed by atoms with Gasteiger partial charge in [-0.25, -0.2) is 0 Å². The summed E-state index contributed by atoms with van der Waals surface area (Å²) in [7, 11) is 1.79. The molecule has 8 heteroatoms. The summed E-state index contributed by atoms with van der Waals surface area (Å²) in [6, 6.07) is 13.3. The van der Waals surface area contributed by atoms with Crippen LogP contribution in [0.15, 0.2) is 58.1 Å². The van der Waals surface area contributed by atoms with Crippen LogP contribution in [0.4, 0.5) is 17.1 Å². The molecular weight excluding hydrogens is 542 g/mol. The second kappa shape index (κ2) is 9.49. The number of nitrogens with one attached hydrogen (secondary N) is 2. The van der Waals surface area contributed by atoms with Crippen LogP contribution in [-0.4, -0.2) is 60.1 Å². The molecule has 0 radical (unpaired) electrons. The fourth-order valence-corrected chi connectivity index (χ4v) is 7.83. The Labute approximate surface area is 232 Å². The van der Waals surface area contributed by atoms with E-state index in [0.717, 1.165) is 57.9 Å². The highest BCUT2D eigenvalue weighted by molar-refractivity contribution is 9.10. The maximum Gasteiger partial charge on any atom is 0.256 e. The lowest BCUT2D eigenvalue weighted by atomic mass is 9.78. The number of hydrogen-bond donors (Lipinski definition) is 2. The Balaban J connectivity index is 1.23. The van der Waals surface area contributed by atoms with Gasteiger partial charge in [0, 0.05) is 42.7 Å². The Kier molecular flexibility index (Phi) is 6.08. The third-order valence-electron chi connectivity index (χ3n) is 9.50. The van der Waals surface area contributed by atoms with Gasteiger partial charge < -0.3 is 20.3 Å². The summed E-state index contributed by atoms with van der Waals surface area (Å²) in [5.74, 6) is 0.995. The zero-order valence-corrected chi connectivity index (χ0v) is 23.4. The van der Waals surface area contributed by atoms with E-state index in [1.165, 1.54) is 24.8 Å². The number of benzene rings is 2. The summed E-state index contributed by atoms with van der Waals surface area (Å²) >= 11 is 3.62. The Morgan fingerprint density at radius 3 is 2.63 bits per heavy atom. The van der Waals surface area contributed by atoms with Crippen LogP contribution in [0, 0.1) is 5.92 Å². The monoisotopic (exact) mass is 576 g/mol. The minimum Gasteiger partial charge on any atom is -0.379 e. The van der Waals surface area contributed by atoms with Gasteiger partial charge in [-0.1, -0.05) is 35.4 Å². The van der Waals surface area contributed by atoms with Crippen LogP contribution in [0.25, 0.3) is 0 Å². The summed E-state index contributed by atoms with van der Waals surface area (Å²) in [5.41, 5.74) is 6.30. The maximum atomic E-state index is 14.2. The number of methoxy groups -OCH3 is 1. The molecule has 198 valence electrons. The van der Waals surface area contributed by atoms with E-state index in [-0.39, 0.29) is 36.1 Å². The lowest BCUT2D eigenvalue weighted by Gasteiger charge is -2.41. The van der Waals surface area contributed by atoms with Crippen molar-refractivity contribution >= 4 is 38.9 Å². The molecule has 0 spiro atoms. The van der Waals surface area contributed by atoms with Gasteiger partial charge in [0.25, 0.3) is 5.91 Å². The number of anilines is 2. The number of azo groups is 2. The molecule has 3 heterocycles. The molecular formula is C30H35BrN5O2+. The van der Waals surface area contributed by atoms with Crippen LogP contribution < -0.4 is 10.6 Å². The topological polar surface area (TPSA) is 69.0 Å². The average molecular weight is 578 g/mol. The normalized spacial score (nSPS) is 29.9. The quantitative estimate of drug-likeness (QED) is 0.333. The van der Waals surface area contributed by atoms with Crippen molar-refractivity contribution in [1.82, 2.24) is 4.90 Å². The zero-order chi connectivity index (χ0) is 26.0. The number of ether oxygens (including phenoxy) is 1. The van der Waals surface area contributed by atoms with Gasteiger partial charge in [-0.3, -0.25) is 4.79 Å². The van der Waals surface area contributed by atoms with Crippen LogP contribution in [-0.2, 0) is 4.74 Å². The fourth-order valence-electron chi connectivity index (χ4n) is 7.35. The number of carbonyl (C=O) groups excluding carboxylic acids is 1. The van der Waals surface area contributed by atoms with Crippen molar-refractivity contribution in [2.24, 2.45) is 11.0 Å². The number of fused-ring (bicyclic) bond motifs is 1. The van der Waals surface area contributed by atoms with E-state index in [9.17, 15) is 4.79 Å². The van der Waals surface area contributed by atoms with Crippen LogP contribution in [0.2, 0.25) is 0 Å². The molecule has 2 aliphatic carbocycles. The van der Waals surface area contributed by atoms with Gasteiger partial charge in [0.1, 0.15) is 0 Å². The number of rotatable bonds is 4. The predicted molar refractivity (Wildman–Crippen MR) is 151 cm³/mol. The Morgan fingerprint density at radius 2 is 1.89 bits per heavy atom. The van der Waals surface area contributed by atoms with Crippen molar-refractivity contribution in [3.63, 3.8) is 0 Å². The minimum absolute atomic E-state index is 0.00779. The lowest BCUT2D eigenvalue weighted by molar-refractivity contribution is -0.546. The average Bonchev–Trinajstić information content (AvgIpc) is 3.50. The molecule has 5 unspecified atom stereocenters. The van der Waals surface area contributed by atoms with Crippen molar-refractivity contribution in [2.75, 3.05) is 31.0 Å². The van der Waals surface area contributed by atoms with Crippen molar-refractivity contribution in [3.05, 3.63) is 64.1 Å². The van der Waals surface area contributed by atoms with Gasteiger partial charge >= 0.3 is 0 Å². The molecule has 7 rings (SSSR count). The highest BCUT2D eigenvalue weighted by atomic mass is 79.9. The van der Waals surface area contributed by atoms with Gasteiger partial charge in [-0.05, 0) is 70.3 Å². The smallest absolute Gasteiger partial charge is 0.256 e. The molecule has 5 aliphatic rings. The minimum atomic E-state index is -0.0305. The third kappa shape index (κ3) is 3.82. The van der Waals surface area contributed by atoms with Crippen LogP contribution in [0.3, 0.4) is 0 Å². The van der Waals surface area contributed by atoms with Gasteiger partial charge in [0.05, 0.1) is 35.6 Å². The van der Waals surface area contributed by atoms with Crippen molar-refractivity contribution in [2.45, 2.75) is 68.7 Å². The second-order valence-corrected chi connectivity index (χ2v) is 12.3. The van der Waals surface area contributed by atoms with E-state index in [4.69, 9.17) is 9.85 Å². The van der Waals surface area contributed by atoms with Crippen LogP contribution >= 0.6 is 15.9 Å². The molecule has 2 aromatic carbocycles. The first kappa shape index (κ1) is 24.3. The zero-order valence-electron chi connectivity index (χ0n) is 21.8. The van der Waals surface area contributed by atoms with Crippen LogP contribution in [0.5, 0.6) is 0 Å². The first-order valence-corrected chi connectivity index (χ1v) is 14.7. The molecule has 38 heavy (non-hydrogen) atoms. The summed E-state index contributed by atoms with van der Waals surface area (Å²) in [6.45, 7) is 5.72. The second-order valence-electron chi connectivity index (χ2n) is 11.5. The Hall–Kier alpha value is -2.71. The molecule has 5 atom stereocenters.